The number of likely N-dealkylation sites (tertiary alicyclic amines) is 1. The lowest BCUT2D eigenvalue weighted by Gasteiger charge is -2.30. The van der Waals surface area contributed by atoms with Crippen molar-refractivity contribution >= 4 is 5.91 Å². The van der Waals surface area contributed by atoms with Gasteiger partial charge in [-0.3, -0.25) is 4.79 Å². The fourth-order valence-electron chi connectivity index (χ4n) is 2.98. The molecule has 0 radical (unpaired) electrons. The molecule has 2 rings (SSSR count). The third kappa shape index (κ3) is 3.42. The number of piperidine rings is 1. The van der Waals surface area contributed by atoms with Crippen LogP contribution in [0.1, 0.15) is 26.2 Å². The normalized spacial score (nSPS) is 34.8. The predicted molar refractivity (Wildman–Crippen MR) is 68.8 cm³/mol. The Hall–Kier alpha value is -0.610. The Balaban J connectivity index is 1.72. The Bertz CT molecular complexity index is 269. The predicted octanol–water partition coefficient (Wildman–Crippen LogP) is 0.442. The summed E-state index contributed by atoms with van der Waals surface area (Å²) in [6, 6.07) is 0.0383. The molecule has 0 aromatic carbocycles. The summed E-state index contributed by atoms with van der Waals surface area (Å²) in [7, 11) is 2.16. The van der Waals surface area contributed by atoms with Crippen molar-refractivity contribution < 1.29 is 4.79 Å². The van der Waals surface area contributed by atoms with Crippen LogP contribution in [0.15, 0.2) is 0 Å². The number of nitrogens with zero attached hydrogens (tertiary/aromatic N) is 1. The first-order chi connectivity index (χ1) is 8.16. The van der Waals surface area contributed by atoms with Crippen LogP contribution in [0.25, 0.3) is 0 Å². The molecule has 17 heavy (non-hydrogen) atoms. The Labute approximate surface area is 104 Å². The molecule has 2 fully saturated rings. The molecule has 0 spiro atoms. The summed E-state index contributed by atoms with van der Waals surface area (Å²) in [6.07, 6.45) is 3.62. The maximum absolute atomic E-state index is 12.0. The van der Waals surface area contributed by atoms with Crippen molar-refractivity contribution in [2.45, 2.75) is 32.2 Å². The largest absolute Gasteiger partial charge is 0.354 e. The molecule has 4 heteroatoms. The first kappa shape index (κ1) is 12.8. The SMILES string of the molecule is CC1CCNC1C(=O)NCC1CCCN(C)C1. The Morgan fingerprint density at radius 3 is 2.94 bits per heavy atom. The van der Waals surface area contributed by atoms with Crippen LogP contribution in [0.5, 0.6) is 0 Å². The summed E-state index contributed by atoms with van der Waals surface area (Å²) in [5, 5.41) is 6.40. The number of nitrogens with one attached hydrogen (secondary N) is 2. The lowest BCUT2D eigenvalue weighted by Crippen LogP contribution is -2.46. The van der Waals surface area contributed by atoms with E-state index in [1.807, 2.05) is 0 Å². The minimum absolute atomic E-state index is 0.0383. The van der Waals surface area contributed by atoms with Gasteiger partial charge in [-0.15, -0.1) is 0 Å². The first-order valence-electron chi connectivity index (χ1n) is 6.86. The lowest BCUT2D eigenvalue weighted by molar-refractivity contribution is -0.123. The summed E-state index contributed by atoms with van der Waals surface area (Å²) in [6.45, 7) is 6.29. The molecule has 2 heterocycles. The van der Waals surface area contributed by atoms with Crippen LogP contribution in [0, 0.1) is 11.8 Å². The van der Waals surface area contributed by atoms with E-state index in [9.17, 15) is 4.79 Å². The summed E-state index contributed by atoms with van der Waals surface area (Å²) < 4.78 is 0. The van der Waals surface area contributed by atoms with E-state index < -0.39 is 0 Å². The first-order valence-corrected chi connectivity index (χ1v) is 6.86. The zero-order valence-corrected chi connectivity index (χ0v) is 11.0. The number of carbonyl (C=O) groups is 1. The van der Waals surface area contributed by atoms with Gasteiger partial charge in [0.2, 0.25) is 5.91 Å². The molecule has 2 N–H and O–H groups in total. The van der Waals surface area contributed by atoms with Crippen LogP contribution in [-0.2, 0) is 4.79 Å². The molecule has 2 aliphatic rings. The molecule has 2 aliphatic heterocycles. The zero-order chi connectivity index (χ0) is 12.3. The lowest BCUT2D eigenvalue weighted by atomic mass is 9.98. The molecule has 1 amide bonds. The van der Waals surface area contributed by atoms with Gasteiger partial charge in [0, 0.05) is 13.1 Å². The van der Waals surface area contributed by atoms with Crippen molar-refractivity contribution in [1.29, 1.82) is 0 Å². The second-order valence-corrected chi connectivity index (χ2v) is 5.71. The molecule has 0 bridgehead atoms. The van der Waals surface area contributed by atoms with Gasteiger partial charge in [0.05, 0.1) is 6.04 Å². The van der Waals surface area contributed by atoms with Gasteiger partial charge in [-0.25, -0.2) is 0 Å². The fraction of sp³-hybridized carbons (Fsp3) is 0.923. The average Bonchev–Trinajstić information content (AvgIpc) is 2.72. The van der Waals surface area contributed by atoms with E-state index in [0.717, 1.165) is 26.1 Å². The highest BCUT2D eigenvalue weighted by molar-refractivity contribution is 5.82. The fourth-order valence-corrected chi connectivity index (χ4v) is 2.98. The van der Waals surface area contributed by atoms with Crippen LogP contribution in [0.2, 0.25) is 0 Å². The number of hydrogen-bond donors (Lipinski definition) is 2. The molecule has 98 valence electrons. The van der Waals surface area contributed by atoms with Crippen molar-refractivity contribution in [2.75, 3.05) is 33.2 Å². The molecule has 0 aromatic heterocycles. The molecule has 2 saturated heterocycles. The van der Waals surface area contributed by atoms with Gasteiger partial charge >= 0.3 is 0 Å². The number of carbonyl (C=O) groups excluding carboxylic acids is 1. The third-order valence-corrected chi connectivity index (χ3v) is 4.10. The molecule has 0 aliphatic carbocycles. The highest BCUT2D eigenvalue weighted by Crippen LogP contribution is 2.16. The standard InChI is InChI=1S/C13H25N3O/c1-10-5-6-14-12(10)13(17)15-8-11-4-3-7-16(2)9-11/h10-12,14H,3-9H2,1-2H3,(H,15,17). The van der Waals surface area contributed by atoms with Gasteiger partial charge in [0.15, 0.2) is 0 Å². The molecule has 3 unspecified atom stereocenters. The van der Waals surface area contributed by atoms with E-state index in [1.54, 1.807) is 0 Å². The number of amides is 1. The van der Waals surface area contributed by atoms with Gasteiger partial charge in [0.1, 0.15) is 0 Å². The van der Waals surface area contributed by atoms with E-state index in [4.69, 9.17) is 0 Å². The van der Waals surface area contributed by atoms with Crippen molar-refractivity contribution in [2.24, 2.45) is 11.8 Å². The molecular formula is C13H25N3O. The quantitative estimate of drug-likeness (QED) is 0.751. The molecular weight excluding hydrogens is 214 g/mol. The van der Waals surface area contributed by atoms with E-state index in [-0.39, 0.29) is 11.9 Å². The average molecular weight is 239 g/mol. The van der Waals surface area contributed by atoms with Crippen molar-refractivity contribution in [1.82, 2.24) is 15.5 Å². The topological polar surface area (TPSA) is 44.4 Å². The van der Waals surface area contributed by atoms with Crippen LogP contribution in [-0.4, -0.2) is 50.1 Å². The monoisotopic (exact) mass is 239 g/mol. The minimum Gasteiger partial charge on any atom is -0.354 e. The Morgan fingerprint density at radius 1 is 1.47 bits per heavy atom. The van der Waals surface area contributed by atoms with E-state index in [2.05, 4.69) is 29.5 Å². The van der Waals surface area contributed by atoms with Crippen molar-refractivity contribution in [3.05, 3.63) is 0 Å². The smallest absolute Gasteiger partial charge is 0.237 e. The number of hydrogen-bond acceptors (Lipinski definition) is 3. The zero-order valence-electron chi connectivity index (χ0n) is 11.0. The van der Waals surface area contributed by atoms with Crippen LogP contribution in [0.3, 0.4) is 0 Å². The second kappa shape index (κ2) is 5.83. The van der Waals surface area contributed by atoms with Gasteiger partial charge in [-0.05, 0) is 51.2 Å². The molecule has 0 aromatic rings. The third-order valence-electron chi connectivity index (χ3n) is 4.10. The van der Waals surface area contributed by atoms with E-state index >= 15 is 0 Å². The highest BCUT2D eigenvalue weighted by atomic mass is 16.2. The maximum Gasteiger partial charge on any atom is 0.237 e. The molecule has 4 nitrogen and oxygen atoms in total. The van der Waals surface area contributed by atoms with Crippen LogP contribution < -0.4 is 10.6 Å². The van der Waals surface area contributed by atoms with Gasteiger partial charge in [-0.1, -0.05) is 6.92 Å². The van der Waals surface area contributed by atoms with Crippen LogP contribution >= 0.6 is 0 Å². The van der Waals surface area contributed by atoms with Crippen molar-refractivity contribution in [3.8, 4) is 0 Å². The van der Waals surface area contributed by atoms with Gasteiger partial charge < -0.3 is 15.5 Å². The molecule has 0 saturated carbocycles. The van der Waals surface area contributed by atoms with Gasteiger partial charge in [0.25, 0.3) is 0 Å². The minimum atomic E-state index is 0.0383. The van der Waals surface area contributed by atoms with Crippen molar-refractivity contribution in [3.63, 3.8) is 0 Å². The summed E-state index contributed by atoms with van der Waals surface area (Å²) in [4.78, 5) is 14.4. The Kier molecular flexibility index (Phi) is 4.40. The summed E-state index contributed by atoms with van der Waals surface area (Å²) in [5.41, 5.74) is 0. The van der Waals surface area contributed by atoms with E-state index in [0.29, 0.717) is 11.8 Å². The summed E-state index contributed by atoms with van der Waals surface area (Å²) in [5.74, 6) is 1.31. The Morgan fingerprint density at radius 2 is 2.29 bits per heavy atom. The van der Waals surface area contributed by atoms with E-state index in [1.165, 1.54) is 19.4 Å². The summed E-state index contributed by atoms with van der Waals surface area (Å²) >= 11 is 0. The number of rotatable bonds is 3. The highest BCUT2D eigenvalue weighted by Gasteiger charge is 2.29. The van der Waals surface area contributed by atoms with Gasteiger partial charge in [-0.2, -0.15) is 0 Å². The molecule has 3 atom stereocenters. The second-order valence-electron chi connectivity index (χ2n) is 5.71. The van der Waals surface area contributed by atoms with Crippen LogP contribution in [0.4, 0.5) is 0 Å². The maximum atomic E-state index is 12.0.